The third kappa shape index (κ3) is 3.04. The number of fused-ring (bicyclic) bond motifs is 3. The van der Waals surface area contributed by atoms with Crippen LogP contribution in [-0.2, 0) is 0 Å². The summed E-state index contributed by atoms with van der Waals surface area (Å²) < 4.78 is 11.0. The van der Waals surface area contributed by atoms with Crippen LogP contribution in [0.2, 0.25) is 5.02 Å². The molecule has 30 heavy (non-hydrogen) atoms. The molecule has 2 atom stereocenters. The second-order valence-corrected chi connectivity index (χ2v) is 8.04. The number of H-pyrrole nitrogens is 1. The summed E-state index contributed by atoms with van der Waals surface area (Å²) in [5, 5.41) is 4.46. The van der Waals surface area contributed by atoms with Gasteiger partial charge in [-0.05, 0) is 35.9 Å². The van der Waals surface area contributed by atoms with Crippen molar-refractivity contribution in [3.8, 4) is 11.5 Å². The highest BCUT2D eigenvalue weighted by Gasteiger charge is 2.36. The zero-order valence-corrected chi connectivity index (χ0v) is 17.7. The van der Waals surface area contributed by atoms with E-state index in [2.05, 4.69) is 58.8 Å². The van der Waals surface area contributed by atoms with Gasteiger partial charge in [-0.2, -0.15) is 0 Å². The maximum Gasteiger partial charge on any atom is 0.161 e. The molecule has 1 aliphatic heterocycles. The third-order valence-corrected chi connectivity index (χ3v) is 6.44. The lowest BCUT2D eigenvalue weighted by Crippen LogP contribution is -2.88. The van der Waals surface area contributed by atoms with Crippen LogP contribution in [0.4, 0.5) is 0 Å². The molecule has 0 saturated carbocycles. The molecule has 0 radical (unpaired) electrons. The predicted molar refractivity (Wildman–Crippen MR) is 120 cm³/mol. The second-order valence-electron chi connectivity index (χ2n) is 7.64. The van der Waals surface area contributed by atoms with E-state index in [1.165, 1.54) is 27.8 Å². The molecule has 0 aliphatic carbocycles. The first-order valence-electron chi connectivity index (χ1n) is 10.1. The van der Waals surface area contributed by atoms with Crippen LogP contribution in [0.15, 0.2) is 66.7 Å². The zero-order chi connectivity index (χ0) is 20.7. The summed E-state index contributed by atoms with van der Waals surface area (Å²) in [6, 6.07) is 23.0. The number of ether oxygens (including phenoxy) is 2. The summed E-state index contributed by atoms with van der Waals surface area (Å²) in [4.78, 5) is 3.70. The highest BCUT2D eigenvalue weighted by atomic mass is 35.5. The van der Waals surface area contributed by atoms with Crippen LogP contribution in [0.5, 0.6) is 11.5 Å². The molecule has 0 amide bonds. The molecule has 0 bridgehead atoms. The number of para-hydroxylation sites is 1. The first-order valence-corrected chi connectivity index (χ1v) is 10.5. The SMILES string of the molecule is COc1ccc([C@H]2[NH2+]C[C@@H](c3ccccc3Cl)c3c2[nH]c2ccccc32)cc1OC. The highest BCUT2D eigenvalue weighted by molar-refractivity contribution is 6.31. The standard InChI is InChI=1S/C25H23ClN2O2/c1-29-21-12-11-15(13-22(21)30-2)24-25-23(17-8-4-6-10-20(17)28-25)18(14-27-24)16-7-3-5-9-19(16)26/h3-13,18,24,27-28H,14H2,1-2H3/p+1/t18-,24+/m0/s1. The molecule has 2 heterocycles. The number of benzene rings is 3. The van der Waals surface area contributed by atoms with Crippen LogP contribution >= 0.6 is 11.6 Å². The number of nitrogens with two attached hydrogens (primary N) is 1. The Bertz CT molecular complexity index is 1220. The van der Waals surface area contributed by atoms with E-state index in [0.717, 1.165) is 28.6 Å². The third-order valence-electron chi connectivity index (χ3n) is 6.09. The minimum Gasteiger partial charge on any atom is -0.493 e. The van der Waals surface area contributed by atoms with Crippen molar-refractivity contribution in [2.75, 3.05) is 20.8 Å². The Morgan fingerprint density at radius 1 is 0.933 bits per heavy atom. The van der Waals surface area contributed by atoms with E-state index in [1.807, 2.05) is 18.2 Å². The van der Waals surface area contributed by atoms with Gasteiger partial charge in [0.05, 0.1) is 32.4 Å². The quantitative estimate of drug-likeness (QED) is 0.506. The number of rotatable bonds is 4. The zero-order valence-electron chi connectivity index (χ0n) is 17.0. The van der Waals surface area contributed by atoms with Crippen LogP contribution < -0.4 is 14.8 Å². The van der Waals surface area contributed by atoms with Crippen molar-refractivity contribution in [2.45, 2.75) is 12.0 Å². The van der Waals surface area contributed by atoms with Crippen LogP contribution in [0.1, 0.15) is 34.3 Å². The smallest absolute Gasteiger partial charge is 0.161 e. The second kappa shape index (κ2) is 7.71. The summed E-state index contributed by atoms with van der Waals surface area (Å²) in [6.07, 6.45) is 0. The average Bonchev–Trinajstić information content (AvgIpc) is 3.18. The van der Waals surface area contributed by atoms with Crippen molar-refractivity contribution >= 4 is 22.5 Å². The van der Waals surface area contributed by atoms with E-state index in [9.17, 15) is 0 Å². The van der Waals surface area contributed by atoms with Crippen LogP contribution in [-0.4, -0.2) is 25.7 Å². The maximum atomic E-state index is 6.61. The fourth-order valence-electron chi connectivity index (χ4n) is 4.70. The van der Waals surface area contributed by atoms with E-state index in [-0.39, 0.29) is 12.0 Å². The van der Waals surface area contributed by atoms with Gasteiger partial charge >= 0.3 is 0 Å². The first-order chi connectivity index (χ1) is 14.7. The van der Waals surface area contributed by atoms with E-state index in [1.54, 1.807) is 14.2 Å². The molecule has 0 spiro atoms. The molecule has 0 unspecified atom stereocenters. The van der Waals surface area contributed by atoms with Crippen LogP contribution in [0.3, 0.4) is 0 Å². The van der Waals surface area contributed by atoms with Gasteiger partial charge in [0.25, 0.3) is 0 Å². The van der Waals surface area contributed by atoms with Crippen LogP contribution in [0.25, 0.3) is 10.9 Å². The van der Waals surface area contributed by atoms with Crippen molar-refractivity contribution in [3.05, 3.63) is 94.1 Å². The summed E-state index contributed by atoms with van der Waals surface area (Å²) >= 11 is 6.61. The Morgan fingerprint density at radius 3 is 2.50 bits per heavy atom. The number of halogens is 1. The average molecular weight is 420 g/mol. The van der Waals surface area contributed by atoms with Gasteiger partial charge in [0.2, 0.25) is 0 Å². The van der Waals surface area contributed by atoms with Crippen molar-refractivity contribution in [1.29, 1.82) is 0 Å². The Kier molecular flexibility index (Phi) is 4.89. The number of nitrogens with one attached hydrogen (secondary N) is 1. The van der Waals surface area contributed by atoms with Crippen molar-refractivity contribution in [1.82, 2.24) is 4.98 Å². The van der Waals surface area contributed by atoms with E-state index < -0.39 is 0 Å². The van der Waals surface area contributed by atoms with Gasteiger partial charge in [-0.25, -0.2) is 0 Å². The number of hydrogen-bond acceptors (Lipinski definition) is 2. The predicted octanol–water partition coefficient (Wildman–Crippen LogP) is 4.64. The molecule has 5 heteroatoms. The van der Waals surface area contributed by atoms with Crippen molar-refractivity contribution < 1.29 is 14.8 Å². The highest BCUT2D eigenvalue weighted by Crippen LogP contribution is 2.41. The van der Waals surface area contributed by atoms with Gasteiger partial charge in [0.1, 0.15) is 0 Å². The van der Waals surface area contributed by atoms with Gasteiger partial charge in [-0.15, -0.1) is 0 Å². The Labute approximate surface area is 180 Å². The van der Waals surface area contributed by atoms with Crippen LogP contribution in [0, 0.1) is 0 Å². The minimum absolute atomic E-state index is 0.144. The molecule has 4 nitrogen and oxygen atoms in total. The molecular weight excluding hydrogens is 396 g/mol. The molecule has 152 valence electrons. The van der Waals surface area contributed by atoms with Gasteiger partial charge in [0, 0.05) is 27.1 Å². The normalized spacial score (nSPS) is 18.2. The summed E-state index contributed by atoms with van der Waals surface area (Å²) in [7, 11) is 3.34. The van der Waals surface area contributed by atoms with Gasteiger partial charge in [0.15, 0.2) is 17.5 Å². The Hall–Kier alpha value is -2.95. The largest absolute Gasteiger partial charge is 0.493 e. The summed E-state index contributed by atoms with van der Waals surface area (Å²) in [5.74, 6) is 1.71. The number of aromatic amines is 1. The van der Waals surface area contributed by atoms with E-state index in [4.69, 9.17) is 21.1 Å². The number of hydrogen-bond donors (Lipinski definition) is 2. The van der Waals surface area contributed by atoms with Crippen molar-refractivity contribution in [3.63, 3.8) is 0 Å². The molecule has 3 N–H and O–H groups in total. The number of aromatic nitrogens is 1. The van der Waals surface area contributed by atoms with Gasteiger partial charge in [-0.3, -0.25) is 0 Å². The molecule has 5 rings (SSSR count). The molecule has 1 aliphatic rings. The number of quaternary nitrogens is 1. The lowest BCUT2D eigenvalue weighted by atomic mass is 9.83. The molecule has 1 aromatic heterocycles. The van der Waals surface area contributed by atoms with Crippen molar-refractivity contribution in [2.24, 2.45) is 0 Å². The topological polar surface area (TPSA) is 50.9 Å². The summed E-state index contributed by atoms with van der Waals surface area (Å²) in [5.41, 5.74) is 6.06. The maximum absolute atomic E-state index is 6.61. The lowest BCUT2D eigenvalue weighted by molar-refractivity contribution is -0.692. The summed E-state index contributed by atoms with van der Waals surface area (Å²) in [6.45, 7) is 0.914. The van der Waals surface area contributed by atoms with E-state index >= 15 is 0 Å². The molecule has 0 saturated heterocycles. The first kappa shape index (κ1) is 19.0. The van der Waals surface area contributed by atoms with Gasteiger partial charge < -0.3 is 19.8 Å². The van der Waals surface area contributed by atoms with Gasteiger partial charge in [-0.1, -0.05) is 48.0 Å². The monoisotopic (exact) mass is 419 g/mol. The Morgan fingerprint density at radius 2 is 1.70 bits per heavy atom. The fraction of sp³-hybridized carbons (Fsp3) is 0.200. The molecule has 0 fully saturated rings. The molecule has 4 aromatic rings. The molecule has 3 aromatic carbocycles. The Balaban J connectivity index is 1.68. The minimum atomic E-state index is 0.144. The molecular formula is C25H24ClN2O2+. The number of methoxy groups -OCH3 is 2. The van der Waals surface area contributed by atoms with E-state index in [0.29, 0.717) is 0 Å². The lowest BCUT2D eigenvalue weighted by Gasteiger charge is -2.29. The fourth-order valence-corrected chi connectivity index (χ4v) is 4.97.